The molecule has 0 unspecified atom stereocenters. The maximum absolute atomic E-state index is 13.5. The zero-order chi connectivity index (χ0) is 27.1. The molecule has 1 saturated heterocycles. The zero-order valence-electron chi connectivity index (χ0n) is 21.3. The Kier molecular flexibility index (Phi) is 6.66. The number of fused-ring (bicyclic) bond motifs is 1. The van der Waals surface area contributed by atoms with Crippen LogP contribution in [0.5, 0.6) is 11.5 Å². The Morgan fingerprint density at radius 1 is 1.11 bits per heavy atom. The van der Waals surface area contributed by atoms with Gasteiger partial charge in [-0.15, -0.1) is 0 Å². The number of hydrogen-bond acceptors (Lipinski definition) is 9. The van der Waals surface area contributed by atoms with E-state index in [1.165, 1.54) is 12.0 Å². The number of nitrogens with zero attached hydrogens (tertiary/aromatic N) is 2. The van der Waals surface area contributed by atoms with E-state index >= 15 is 0 Å². The van der Waals surface area contributed by atoms with Crippen LogP contribution in [-0.4, -0.2) is 48.1 Å². The van der Waals surface area contributed by atoms with Crippen molar-refractivity contribution in [1.82, 2.24) is 4.98 Å². The first kappa shape index (κ1) is 25.5. The zero-order valence-corrected chi connectivity index (χ0v) is 22.1. The fraction of sp³-hybridized carbons (Fsp3) is 0.286. The number of thiazole rings is 1. The summed E-state index contributed by atoms with van der Waals surface area (Å²) in [5.41, 5.74) is 2.29. The van der Waals surface area contributed by atoms with Crippen LogP contribution in [0, 0.1) is 6.92 Å². The van der Waals surface area contributed by atoms with Gasteiger partial charge in [0.25, 0.3) is 5.78 Å². The summed E-state index contributed by atoms with van der Waals surface area (Å²) in [5, 5.41) is 11.6. The molecule has 3 heterocycles. The molecule has 0 spiro atoms. The van der Waals surface area contributed by atoms with Crippen molar-refractivity contribution in [3.8, 4) is 11.5 Å². The minimum atomic E-state index is -0.972. The first-order chi connectivity index (χ1) is 18.2. The summed E-state index contributed by atoms with van der Waals surface area (Å²) in [7, 11) is 1.26. The van der Waals surface area contributed by atoms with E-state index in [1.807, 2.05) is 24.3 Å². The number of carbonyl (C=O) groups is 3. The van der Waals surface area contributed by atoms with Gasteiger partial charge < -0.3 is 19.3 Å². The Labute approximate surface area is 223 Å². The average Bonchev–Trinajstić information content (AvgIpc) is 3.43. The number of methoxy groups -OCH3 is 1. The van der Waals surface area contributed by atoms with E-state index in [-0.39, 0.29) is 27.3 Å². The summed E-state index contributed by atoms with van der Waals surface area (Å²) in [6.07, 6.45) is 0. The van der Waals surface area contributed by atoms with Gasteiger partial charge in [-0.2, -0.15) is 0 Å². The highest BCUT2D eigenvalue weighted by Crippen LogP contribution is 2.45. The summed E-state index contributed by atoms with van der Waals surface area (Å²) in [6.45, 7) is 6.53. The molecule has 2 aliphatic rings. The Hall–Kier alpha value is -4.18. The number of anilines is 1. The lowest BCUT2D eigenvalue weighted by Crippen LogP contribution is -2.29. The number of aliphatic hydroxyl groups excluding tert-OH is 1. The van der Waals surface area contributed by atoms with E-state index in [9.17, 15) is 19.5 Å². The molecule has 1 fully saturated rings. The van der Waals surface area contributed by atoms with Crippen molar-refractivity contribution in [2.75, 3.05) is 25.2 Å². The largest absolute Gasteiger partial charge is 0.507 e. The SMILES string of the molecule is COC(=O)c1sc(N2C(=O)C(=O)/C(=C(/O)c3ccc4c(c3)OCCO4)[C@H]2c2ccc(C(C)C)cc2)nc1C. The van der Waals surface area contributed by atoms with Crippen LogP contribution in [-0.2, 0) is 14.3 Å². The number of aryl methyl sites for hydroxylation is 1. The second-order valence-corrected chi connectivity index (χ2v) is 10.2. The van der Waals surface area contributed by atoms with Crippen molar-refractivity contribution >= 4 is 39.9 Å². The van der Waals surface area contributed by atoms with Gasteiger partial charge in [-0.25, -0.2) is 9.78 Å². The van der Waals surface area contributed by atoms with E-state index in [0.717, 1.165) is 16.9 Å². The molecule has 0 aliphatic carbocycles. The second-order valence-electron chi connectivity index (χ2n) is 9.25. The van der Waals surface area contributed by atoms with Crippen LogP contribution in [0.15, 0.2) is 48.0 Å². The van der Waals surface area contributed by atoms with Crippen LogP contribution < -0.4 is 14.4 Å². The third-order valence-electron chi connectivity index (χ3n) is 6.54. The molecule has 1 amide bonds. The highest BCUT2D eigenvalue weighted by atomic mass is 32.1. The highest BCUT2D eigenvalue weighted by Gasteiger charge is 2.48. The lowest BCUT2D eigenvalue weighted by Gasteiger charge is -2.24. The van der Waals surface area contributed by atoms with Gasteiger partial charge in [0.05, 0.1) is 24.4 Å². The molecule has 1 aromatic heterocycles. The van der Waals surface area contributed by atoms with Crippen molar-refractivity contribution in [3.63, 3.8) is 0 Å². The number of rotatable bonds is 5. The minimum absolute atomic E-state index is 0.0866. The maximum atomic E-state index is 13.5. The standard InChI is InChI=1S/C28H26N2O7S/c1-14(2)16-5-7-17(8-6-16)22-21(23(31)18-9-10-19-20(13-18)37-12-11-36-19)24(32)26(33)30(22)28-29-15(3)25(38-28)27(34)35-4/h5-10,13-14,22,31H,11-12H2,1-4H3/b23-21+/t22-/m1/s1. The predicted molar refractivity (Wildman–Crippen MR) is 141 cm³/mol. The van der Waals surface area contributed by atoms with Crippen LogP contribution in [0.3, 0.4) is 0 Å². The summed E-state index contributed by atoms with van der Waals surface area (Å²) in [4.78, 5) is 45.0. The van der Waals surface area contributed by atoms with Crippen molar-refractivity contribution < 1.29 is 33.7 Å². The number of aromatic nitrogens is 1. The van der Waals surface area contributed by atoms with Gasteiger partial charge in [0, 0.05) is 5.56 Å². The fourth-order valence-electron chi connectivity index (χ4n) is 4.52. The number of ether oxygens (including phenoxy) is 3. The molecule has 1 N–H and O–H groups in total. The van der Waals surface area contributed by atoms with Crippen molar-refractivity contribution in [2.45, 2.75) is 32.7 Å². The third-order valence-corrected chi connectivity index (χ3v) is 7.68. The van der Waals surface area contributed by atoms with Crippen LogP contribution in [0.1, 0.15) is 57.9 Å². The molecular weight excluding hydrogens is 508 g/mol. The lowest BCUT2D eigenvalue weighted by molar-refractivity contribution is -0.132. The Morgan fingerprint density at radius 2 is 1.79 bits per heavy atom. The smallest absolute Gasteiger partial charge is 0.350 e. The molecular formula is C28H26N2O7S. The van der Waals surface area contributed by atoms with Crippen molar-refractivity contribution in [1.29, 1.82) is 0 Å². The van der Waals surface area contributed by atoms with Crippen molar-refractivity contribution in [3.05, 3.63) is 75.3 Å². The normalized spacial score (nSPS) is 18.2. The topological polar surface area (TPSA) is 115 Å². The number of aliphatic hydroxyl groups is 1. The molecule has 2 aromatic carbocycles. The van der Waals surface area contributed by atoms with Crippen LogP contribution in [0.25, 0.3) is 5.76 Å². The monoisotopic (exact) mass is 534 g/mol. The number of amides is 1. The molecule has 3 aromatic rings. The lowest BCUT2D eigenvalue weighted by atomic mass is 9.93. The molecule has 0 radical (unpaired) electrons. The molecule has 196 valence electrons. The van der Waals surface area contributed by atoms with Crippen LogP contribution >= 0.6 is 11.3 Å². The van der Waals surface area contributed by atoms with E-state index in [4.69, 9.17) is 14.2 Å². The van der Waals surface area contributed by atoms with E-state index < -0.39 is 23.7 Å². The molecule has 1 atom stereocenters. The summed E-state index contributed by atoms with van der Waals surface area (Å²) < 4.78 is 16.0. The highest BCUT2D eigenvalue weighted by molar-refractivity contribution is 7.17. The Morgan fingerprint density at radius 3 is 2.45 bits per heavy atom. The first-order valence-corrected chi connectivity index (χ1v) is 12.9. The van der Waals surface area contributed by atoms with E-state index in [0.29, 0.717) is 41.5 Å². The first-order valence-electron chi connectivity index (χ1n) is 12.1. The number of carbonyl (C=O) groups excluding carboxylic acids is 3. The predicted octanol–water partition coefficient (Wildman–Crippen LogP) is 4.76. The van der Waals surface area contributed by atoms with Gasteiger partial charge in [0.15, 0.2) is 16.6 Å². The van der Waals surface area contributed by atoms with Gasteiger partial charge in [0.2, 0.25) is 0 Å². The number of benzene rings is 2. The quantitative estimate of drug-likeness (QED) is 0.216. The summed E-state index contributed by atoms with van der Waals surface area (Å²) in [5.74, 6) is -1.40. The van der Waals surface area contributed by atoms with E-state index in [1.54, 1.807) is 25.1 Å². The summed E-state index contributed by atoms with van der Waals surface area (Å²) >= 11 is 0.956. The molecule has 9 nitrogen and oxygen atoms in total. The second kappa shape index (κ2) is 9.94. The van der Waals surface area contributed by atoms with E-state index in [2.05, 4.69) is 18.8 Å². The number of Topliss-reactive ketones (excluding diaryl/α,β-unsaturated/α-hetero) is 1. The van der Waals surface area contributed by atoms with Gasteiger partial charge in [-0.3, -0.25) is 14.5 Å². The molecule has 2 aliphatic heterocycles. The fourth-order valence-corrected chi connectivity index (χ4v) is 5.53. The Bertz CT molecular complexity index is 1470. The van der Waals surface area contributed by atoms with Gasteiger partial charge in [-0.1, -0.05) is 49.4 Å². The van der Waals surface area contributed by atoms with Crippen LogP contribution in [0.2, 0.25) is 0 Å². The molecule has 5 rings (SSSR count). The van der Waals surface area contributed by atoms with Gasteiger partial charge in [0.1, 0.15) is 23.9 Å². The minimum Gasteiger partial charge on any atom is -0.507 e. The van der Waals surface area contributed by atoms with Gasteiger partial charge in [-0.05, 0) is 42.2 Å². The summed E-state index contributed by atoms with van der Waals surface area (Å²) in [6, 6.07) is 11.4. The maximum Gasteiger partial charge on any atom is 0.350 e. The number of ketones is 1. The third kappa shape index (κ3) is 4.30. The van der Waals surface area contributed by atoms with Gasteiger partial charge >= 0.3 is 11.9 Å². The average molecular weight is 535 g/mol. The molecule has 0 bridgehead atoms. The number of hydrogen-bond donors (Lipinski definition) is 1. The van der Waals surface area contributed by atoms with Crippen LogP contribution in [0.4, 0.5) is 5.13 Å². The molecule has 38 heavy (non-hydrogen) atoms. The molecule has 0 saturated carbocycles. The van der Waals surface area contributed by atoms with Crippen molar-refractivity contribution in [2.24, 2.45) is 0 Å². The molecule has 10 heteroatoms. The Balaban J connectivity index is 1.68. The number of esters is 1.